The van der Waals surface area contributed by atoms with E-state index < -0.39 is 0 Å². The summed E-state index contributed by atoms with van der Waals surface area (Å²) in [5.74, 6) is 0.876. The van der Waals surface area contributed by atoms with E-state index in [0.717, 1.165) is 27.3 Å². The van der Waals surface area contributed by atoms with E-state index in [0.29, 0.717) is 0 Å². The van der Waals surface area contributed by atoms with Crippen LogP contribution in [0.2, 0.25) is 5.02 Å². The first-order valence-corrected chi connectivity index (χ1v) is 6.98. The van der Waals surface area contributed by atoms with E-state index in [4.69, 9.17) is 16.0 Å². The molecular formula is C17H16ClNO. The molecule has 0 spiro atoms. The third-order valence-corrected chi connectivity index (χ3v) is 3.82. The van der Waals surface area contributed by atoms with Crippen molar-refractivity contribution in [3.63, 3.8) is 0 Å². The largest absolute Gasteiger partial charge is 0.459 e. The third-order valence-electron chi connectivity index (χ3n) is 3.48. The summed E-state index contributed by atoms with van der Waals surface area (Å²) in [6.45, 7) is 2.08. The first kappa shape index (κ1) is 13.2. The van der Waals surface area contributed by atoms with Crippen molar-refractivity contribution in [2.24, 2.45) is 0 Å². The van der Waals surface area contributed by atoms with Crippen LogP contribution in [0.25, 0.3) is 11.0 Å². The summed E-state index contributed by atoms with van der Waals surface area (Å²) in [6, 6.07) is 16.0. The van der Waals surface area contributed by atoms with Crippen molar-refractivity contribution in [1.29, 1.82) is 0 Å². The molecule has 1 unspecified atom stereocenters. The normalized spacial score (nSPS) is 12.8. The zero-order valence-electron chi connectivity index (χ0n) is 11.5. The van der Waals surface area contributed by atoms with Crippen molar-refractivity contribution in [3.8, 4) is 0 Å². The molecule has 1 atom stereocenters. The molecule has 0 aliphatic heterocycles. The Morgan fingerprint density at radius 1 is 1.10 bits per heavy atom. The van der Waals surface area contributed by atoms with E-state index in [1.165, 1.54) is 5.56 Å². The second kappa shape index (κ2) is 5.31. The van der Waals surface area contributed by atoms with Crippen LogP contribution in [0.1, 0.15) is 22.9 Å². The minimum atomic E-state index is -0.0450. The third kappa shape index (κ3) is 2.33. The van der Waals surface area contributed by atoms with Gasteiger partial charge in [-0.05, 0) is 43.8 Å². The summed E-state index contributed by atoms with van der Waals surface area (Å²) < 4.78 is 5.96. The van der Waals surface area contributed by atoms with Crippen LogP contribution in [0.3, 0.4) is 0 Å². The van der Waals surface area contributed by atoms with Gasteiger partial charge in [0.05, 0.1) is 6.04 Å². The predicted octanol–water partition coefficient (Wildman–Crippen LogP) is 4.70. The van der Waals surface area contributed by atoms with Crippen molar-refractivity contribution in [3.05, 3.63) is 70.4 Å². The van der Waals surface area contributed by atoms with Gasteiger partial charge in [0.2, 0.25) is 0 Å². The van der Waals surface area contributed by atoms with Gasteiger partial charge in [0.25, 0.3) is 0 Å². The standard InChI is InChI=1S/C17H16ClNO/c1-11-7-8-15-12(9-11)10-16(20-15)17(19-2)13-5-3-4-6-14(13)18/h3-10,17,19H,1-2H3. The van der Waals surface area contributed by atoms with Gasteiger partial charge in [-0.15, -0.1) is 0 Å². The number of furan rings is 1. The summed E-state index contributed by atoms with van der Waals surface area (Å²) in [7, 11) is 1.91. The van der Waals surface area contributed by atoms with Crippen molar-refractivity contribution in [2.45, 2.75) is 13.0 Å². The number of benzene rings is 2. The lowest BCUT2D eigenvalue weighted by Crippen LogP contribution is -2.17. The minimum absolute atomic E-state index is 0.0450. The average Bonchev–Trinajstić information content (AvgIpc) is 2.84. The number of hydrogen-bond donors (Lipinski definition) is 1. The van der Waals surface area contributed by atoms with Gasteiger partial charge in [-0.25, -0.2) is 0 Å². The molecule has 102 valence electrons. The van der Waals surface area contributed by atoms with Crippen LogP contribution in [0.15, 0.2) is 52.9 Å². The maximum absolute atomic E-state index is 6.29. The van der Waals surface area contributed by atoms with E-state index in [-0.39, 0.29) is 6.04 Å². The molecule has 2 nitrogen and oxygen atoms in total. The second-order valence-electron chi connectivity index (χ2n) is 4.93. The first-order chi connectivity index (χ1) is 9.69. The summed E-state index contributed by atoms with van der Waals surface area (Å²) in [5.41, 5.74) is 3.15. The summed E-state index contributed by atoms with van der Waals surface area (Å²) in [5, 5.41) is 5.13. The molecule has 3 rings (SSSR count). The fourth-order valence-corrected chi connectivity index (χ4v) is 2.73. The Balaban J connectivity index is 2.10. The molecule has 3 aromatic rings. The monoisotopic (exact) mass is 285 g/mol. The van der Waals surface area contributed by atoms with Crippen LogP contribution in [0.5, 0.6) is 0 Å². The minimum Gasteiger partial charge on any atom is -0.459 e. The Hall–Kier alpha value is -1.77. The Morgan fingerprint density at radius 3 is 2.65 bits per heavy atom. The molecular weight excluding hydrogens is 270 g/mol. The van der Waals surface area contributed by atoms with Crippen molar-refractivity contribution in [1.82, 2.24) is 5.32 Å². The number of hydrogen-bond acceptors (Lipinski definition) is 2. The van der Waals surface area contributed by atoms with Crippen LogP contribution in [0.4, 0.5) is 0 Å². The van der Waals surface area contributed by atoms with Gasteiger partial charge in [-0.1, -0.05) is 41.4 Å². The van der Waals surface area contributed by atoms with Crippen LogP contribution in [-0.4, -0.2) is 7.05 Å². The zero-order chi connectivity index (χ0) is 14.1. The van der Waals surface area contributed by atoms with Gasteiger partial charge in [0, 0.05) is 10.4 Å². The molecule has 2 aromatic carbocycles. The SMILES string of the molecule is CNC(c1cc2cc(C)ccc2o1)c1ccccc1Cl. The highest BCUT2D eigenvalue weighted by atomic mass is 35.5. The predicted molar refractivity (Wildman–Crippen MR) is 83.3 cm³/mol. The molecule has 1 aromatic heterocycles. The summed E-state index contributed by atoms with van der Waals surface area (Å²) >= 11 is 6.29. The molecule has 20 heavy (non-hydrogen) atoms. The number of fused-ring (bicyclic) bond motifs is 1. The lowest BCUT2D eigenvalue weighted by molar-refractivity contribution is 0.491. The van der Waals surface area contributed by atoms with Gasteiger partial charge in [0.15, 0.2) is 0 Å². The maximum atomic E-state index is 6.29. The highest BCUT2D eigenvalue weighted by Crippen LogP contribution is 2.31. The number of nitrogens with one attached hydrogen (secondary N) is 1. The van der Waals surface area contributed by atoms with Crippen LogP contribution in [-0.2, 0) is 0 Å². The van der Waals surface area contributed by atoms with Crippen LogP contribution in [0, 0.1) is 6.92 Å². The van der Waals surface area contributed by atoms with E-state index in [9.17, 15) is 0 Å². The van der Waals surface area contributed by atoms with Crippen LogP contribution < -0.4 is 5.32 Å². The van der Waals surface area contributed by atoms with E-state index in [1.807, 2.05) is 37.4 Å². The average molecular weight is 286 g/mol. The molecule has 0 aliphatic carbocycles. The molecule has 0 saturated carbocycles. The van der Waals surface area contributed by atoms with Gasteiger partial charge in [-0.3, -0.25) is 0 Å². The number of halogens is 1. The molecule has 3 heteroatoms. The molecule has 0 fully saturated rings. The number of rotatable bonds is 3. The van der Waals surface area contributed by atoms with Crippen molar-refractivity contribution in [2.75, 3.05) is 7.05 Å². The zero-order valence-corrected chi connectivity index (χ0v) is 12.2. The van der Waals surface area contributed by atoms with Gasteiger partial charge >= 0.3 is 0 Å². The van der Waals surface area contributed by atoms with Crippen LogP contribution >= 0.6 is 11.6 Å². The van der Waals surface area contributed by atoms with Crippen molar-refractivity contribution >= 4 is 22.6 Å². The molecule has 1 heterocycles. The van der Waals surface area contributed by atoms with E-state index in [2.05, 4.69) is 30.4 Å². The first-order valence-electron chi connectivity index (χ1n) is 6.61. The van der Waals surface area contributed by atoms with Gasteiger partial charge in [-0.2, -0.15) is 0 Å². The molecule has 0 bridgehead atoms. The van der Waals surface area contributed by atoms with Gasteiger partial charge < -0.3 is 9.73 Å². The lowest BCUT2D eigenvalue weighted by Gasteiger charge is -2.15. The van der Waals surface area contributed by atoms with E-state index in [1.54, 1.807) is 0 Å². The molecule has 0 amide bonds. The Labute approximate surface area is 123 Å². The quantitative estimate of drug-likeness (QED) is 0.754. The summed E-state index contributed by atoms with van der Waals surface area (Å²) in [6.07, 6.45) is 0. The van der Waals surface area contributed by atoms with Gasteiger partial charge in [0.1, 0.15) is 11.3 Å². The fourth-order valence-electron chi connectivity index (χ4n) is 2.49. The molecule has 0 radical (unpaired) electrons. The topological polar surface area (TPSA) is 25.2 Å². The molecule has 1 N–H and O–H groups in total. The Bertz CT molecular complexity index is 748. The highest BCUT2D eigenvalue weighted by Gasteiger charge is 2.19. The smallest absolute Gasteiger partial charge is 0.134 e. The summed E-state index contributed by atoms with van der Waals surface area (Å²) in [4.78, 5) is 0. The molecule has 0 saturated heterocycles. The maximum Gasteiger partial charge on any atom is 0.134 e. The number of aryl methyl sites for hydroxylation is 1. The molecule has 0 aliphatic rings. The van der Waals surface area contributed by atoms with E-state index >= 15 is 0 Å². The lowest BCUT2D eigenvalue weighted by atomic mass is 10.0. The fraction of sp³-hybridized carbons (Fsp3) is 0.176. The Kier molecular flexibility index (Phi) is 3.51. The highest BCUT2D eigenvalue weighted by molar-refractivity contribution is 6.31. The second-order valence-corrected chi connectivity index (χ2v) is 5.34. The van der Waals surface area contributed by atoms with Crippen molar-refractivity contribution < 1.29 is 4.42 Å². The Morgan fingerprint density at radius 2 is 1.90 bits per heavy atom.